The Balaban J connectivity index is 1.67. The first-order valence-electron chi connectivity index (χ1n) is 10.3. The van der Waals surface area contributed by atoms with Crippen LogP contribution in [0.15, 0.2) is 41.5 Å². The van der Waals surface area contributed by atoms with Gasteiger partial charge in [-0.05, 0) is 43.1 Å². The summed E-state index contributed by atoms with van der Waals surface area (Å²) in [4.78, 5) is 21.5. The second kappa shape index (κ2) is 8.08. The fourth-order valence-electron chi connectivity index (χ4n) is 4.46. The summed E-state index contributed by atoms with van der Waals surface area (Å²) in [6, 6.07) is 8.73. The van der Waals surface area contributed by atoms with Crippen LogP contribution >= 0.6 is 0 Å². The Morgan fingerprint density at radius 2 is 1.97 bits per heavy atom. The largest absolute Gasteiger partial charge is 0.328 e. The molecule has 2 heterocycles. The zero-order valence-electron chi connectivity index (χ0n) is 16.8. The van der Waals surface area contributed by atoms with E-state index in [2.05, 4.69) is 9.98 Å². The number of benzene rings is 1. The van der Waals surface area contributed by atoms with Crippen molar-refractivity contribution in [1.82, 2.24) is 9.88 Å². The van der Waals surface area contributed by atoms with Crippen molar-refractivity contribution in [3.63, 3.8) is 0 Å². The van der Waals surface area contributed by atoms with Crippen LogP contribution in [0, 0.1) is 21.4 Å². The lowest BCUT2D eigenvalue weighted by Crippen LogP contribution is -2.65. The number of nitrogens with zero attached hydrogens (tertiary/aromatic N) is 4. The Hall–Kier alpha value is -2.91. The van der Waals surface area contributed by atoms with E-state index in [0.29, 0.717) is 6.54 Å². The van der Waals surface area contributed by atoms with Crippen molar-refractivity contribution in [2.24, 2.45) is 22.4 Å². The molecule has 1 fully saturated rings. The molecule has 0 radical (unpaired) electrons. The SMILES string of the molecule is N=C1C([N+](=O)[O-])C=NC(N)(Cc2nccc3ccccc23)N1CC1CCC(N)CC1. The maximum atomic E-state index is 11.5. The van der Waals surface area contributed by atoms with Gasteiger partial charge in [0.1, 0.15) is 0 Å². The highest BCUT2D eigenvalue weighted by atomic mass is 16.6. The molecule has 4 rings (SSSR count). The molecule has 9 nitrogen and oxygen atoms in total. The Morgan fingerprint density at radius 1 is 1.23 bits per heavy atom. The van der Waals surface area contributed by atoms with Crippen LogP contribution in [0.1, 0.15) is 31.4 Å². The van der Waals surface area contributed by atoms with Gasteiger partial charge < -0.3 is 10.6 Å². The van der Waals surface area contributed by atoms with E-state index >= 15 is 0 Å². The molecule has 5 N–H and O–H groups in total. The van der Waals surface area contributed by atoms with Crippen LogP contribution in [-0.2, 0) is 6.42 Å². The Morgan fingerprint density at radius 3 is 2.70 bits per heavy atom. The summed E-state index contributed by atoms with van der Waals surface area (Å²) in [6.45, 7) is 0.453. The first kappa shape index (κ1) is 20.4. The number of aliphatic imine (C=N–C) groups is 1. The number of amidine groups is 1. The maximum Gasteiger partial charge on any atom is 0.303 e. The molecule has 0 bridgehead atoms. The minimum Gasteiger partial charge on any atom is -0.328 e. The summed E-state index contributed by atoms with van der Waals surface area (Å²) in [5, 5.41) is 22.0. The monoisotopic (exact) mass is 409 g/mol. The van der Waals surface area contributed by atoms with E-state index in [1.54, 1.807) is 11.1 Å². The van der Waals surface area contributed by atoms with Gasteiger partial charge in [0.2, 0.25) is 0 Å². The molecular formula is C21H27N7O2. The topological polar surface area (TPSA) is 148 Å². The Kier molecular flexibility index (Phi) is 5.48. The number of hydrogen-bond acceptors (Lipinski definition) is 7. The third-order valence-electron chi connectivity index (χ3n) is 6.22. The van der Waals surface area contributed by atoms with E-state index in [0.717, 1.165) is 42.1 Å². The molecule has 2 atom stereocenters. The number of rotatable bonds is 5. The Labute approximate surface area is 174 Å². The number of nitro groups is 1. The normalized spacial score (nSPS) is 29.3. The predicted molar refractivity (Wildman–Crippen MR) is 116 cm³/mol. The van der Waals surface area contributed by atoms with E-state index in [-0.39, 0.29) is 24.2 Å². The van der Waals surface area contributed by atoms with Gasteiger partial charge in [-0.1, -0.05) is 24.3 Å². The molecule has 1 aliphatic carbocycles. The quantitative estimate of drug-likeness (QED) is 0.507. The third-order valence-corrected chi connectivity index (χ3v) is 6.22. The van der Waals surface area contributed by atoms with Gasteiger partial charge >= 0.3 is 6.04 Å². The zero-order valence-corrected chi connectivity index (χ0v) is 16.8. The standard InChI is InChI=1S/C21H27N7O2/c22-16-7-5-14(6-8-16)13-27-20(23)19(28(29)30)12-26-21(27,24)11-18-17-4-2-1-3-15(17)9-10-25-18/h1-4,9-10,12,14,16,19,23H,5-8,11,13,22,24H2. The molecule has 1 aromatic heterocycles. The van der Waals surface area contributed by atoms with Gasteiger partial charge in [0.25, 0.3) is 0 Å². The van der Waals surface area contributed by atoms with Crippen molar-refractivity contribution in [3.8, 4) is 0 Å². The molecule has 0 saturated heterocycles. The molecule has 1 aliphatic heterocycles. The van der Waals surface area contributed by atoms with Crippen molar-refractivity contribution >= 4 is 22.8 Å². The molecular weight excluding hydrogens is 382 g/mol. The van der Waals surface area contributed by atoms with Crippen LogP contribution in [-0.4, -0.2) is 51.3 Å². The molecule has 158 valence electrons. The molecule has 9 heteroatoms. The summed E-state index contributed by atoms with van der Waals surface area (Å²) < 4.78 is 0. The average Bonchev–Trinajstić information content (AvgIpc) is 2.72. The van der Waals surface area contributed by atoms with Gasteiger partial charge in [0.05, 0.1) is 11.9 Å². The van der Waals surface area contributed by atoms with E-state index in [9.17, 15) is 10.1 Å². The number of pyridine rings is 1. The first-order chi connectivity index (χ1) is 14.4. The fourth-order valence-corrected chi connectivity index (χ4v) is 4.46. The van der Waals surface area contributed by atoms with E-state index in [4.69, 9.17) is 16.9 Å². The smallest absolute Gasteiger partial charge is 0.303 e. The van der Waals surface area contributed by atoms with Gasteiger partial charge in [-0.3, -0.25) is 26.2 Å². The molecule has 0 spiro atoms. The van der Waals surface area contributed by atoms with E-state index in [1.807, 2.05) is 30.3 Å². The van der Waals surface area contributed by atoms with Crippen LogP contribution in [0.25, 0.3) is 10.8 Å². The molecule has 1 aromatic carbocycles. The predicted octanol–water partition coefficient (Wildman–Crippen LogP) is 1.92. The highest BCUT2D eigenvalue weighted by Gasteiger charge is 2.45. The zero-order chi connectivity index (χ0) is 21.3. The van der Waals surface area contributed by atoms with Crippen molar-refractivity contribution in [1.29, 1.82) is 5.41 Å². The summed E-state index contributed by atoms with van der Waals surface area (Å²) in [5.41, 5.74) is 13.5. The van der Waals surface area contributed by atoms with Gasteiger partial charge in [-0.15, -0.1) is 0 Å². The van der Waals surface area contributed by atoms with Crippen LogP contribution in [0.5, 0.6) is 0 Å². The van der Waals surface area contributed by atoms with Crippen molar-refractivity contribution in [2.45, 2.75) is 50.0 Å². The van der Waals surface area contributed by atoms with Crippen LogP contribution < -0.4 is 11.5 Å². The number of hydrogen-bond donors (Lipinski definition) is 3. The second-order valence-corrected chi connectivity index (χ2v) is 8.32. The summed E-state index contributed by atoms with van der Waals surface area (Å²) >= 11 is 0. The lowest BCUT2D eigenvalue weighted by atomic mass is 9.85. The number of fused-ring (bicyclic) bond motifs is 1. The van der Waals surface area contributed by atoms with Gasteiger partial charge in [-0.25, -0.2) is 4.99 Å². The lowest BCUT2D eigenvalue weighted by molar-refractivity contribution is -0.485. The highest BCUT2D eigenvalue weighted by Crippen LogP contribution is 2.30. The number of nitrogens with two attached hydrogens (primary N) is 2. The number of aromatic nitrogens is 1. The molecule has 1 saturated carbocycles. The van der Waals surface area contributed by atoms with Crippen molar-refractivity contribution in [3.05, 3.63) is 52.3 Å². The number of nitrogens with one attached hydrogen (secondary N) is 1. The van der Waals surface area contributed by atoms with E-state index in [1.165, 1.54) is 6.21 Å². The van der Waals surface area contributed by atoms with Crippen molar-refractivity contribution in [2.75, 3.05) is 6.54 Å². The van der Waals surface area contributed by atoms with Gasteiger partial charge in [-0.2, -0.15) is 0 Å². The fraction of sp³-hybridized carbons (Fsp3) is 0.476. The molecule has 2 aliphatic rings. The molecule has 2 unspecified atom stereocenters. The lowest BCUT2D eigenvalue weighted by Gasteiger charge is -2.44. The highest BCUT2D eigenvalue weighted by molar-refractivity contribution is 6.00. The second-order valence-electron chi connectivity index (χ2n) is 8.32. The molecule has 30 heavy (non-hydrogen) atoms. The van der Waals surface area contributed by atoms with Crippen LogP contribution in [0.4, 0.5) is 0 Å². The van der Waals surface area contributed by atoms with Crippen LogP contribution in [0.2, 0.25) is 0 Å². The van der Waals surface area contributed by atoms with Gasteiger partial charge in [0.15, 0.2) is 11.6 Å². The average molecular weight is 409 g/mol. The minimum atomic E-state index is -1.29. The molecule has 0 amide bonds. The van der Waals surface area contributed by atoms with Gasteiger partial charge in [0, 0.05) is 35.5 Å². The van der Waals surface area contributed by atoms with Crippen molar-refractivity contribution < 1.29 is 4.92 Å². The van der Waals surface area contributed by atoms with Crippen LogP contribution in [0.3, 0.4) is 0 Å². The molecule has 2 aromatic rings. The minimum absolute atomic E-state index is 0.118. The summed E-state index contributed by atoms with van der Waals surface area (Å²) in [7, 11) is 0. The first-order valence-corrected chi connectivity index (χ1v) is 10.3. The maximum absolute atomic E-state index is 11.5. The summed E-state index contributed by atoms with van der Waals surface area (Å²) in [5.74, 6) is -1.14. The summed E-state index contributed by atoms with van der Waals surface area (Å²) in [6.07, 6.45) is 6.84. The van der Waals surface area contributed by atoms with E-state index < -0.39 is 16.8 Å². The Bertz CT molecular complexity index is 981. The third kappa shape index (κ3) is 3.90.